The Hall–Kier alpha value is -2.29. The highest BCUT2D eigenvalue weighted by Gasteiger charge is 2.26. The number of unbranched alkanes of at least 4 members (excludes halogenated alkanes) is 20. The first kappa shape index (κ1) is 55.7. The maximum Gasteiger partial charge on any atom is 0.472 e. The molecule has 0 amide bonds. The van der Waals surface area contributed by atoms with Crippen LogP contribution in [0, 0.1) is 0 Å². The minimum Gasteiger partial charge on any atom is -0.462 e. The number of nitrogens with two attached hydrogens (primary N) is 1. The van der Waals surface area contributed by atoms with Crippen molar-refractivity contribution in [3.63, 3.8) is 0 Å². The summed E-state index contributed by atoms with van der Waals surface area (Å²) >= 11 is 0. The van der Waals surface area contributed by atoms with E-state index in [0.29, 0.717) is 12.8 Å². The van der Waals surface area contributed by atoms with Gasteiger partial charge >= 0.3 is 19.8 Å². The third-order valence-electron chi connectivity index (χ3n) is 9.67. The maximum atomic E-state index is 12.6. The van der Waals surface area contributed by atoms with Gasteiger partial charge in [-0.05, 0) is 51.4 Å². The zero-order valence-corrected chi connectivity index (χ0v) is 37.9. The first-order chi connectivity index (χ1) is 28.3. The highest BCUT2D eigenvalue weighted by Crippen LogP contribution is 2.43. The van der Waals surface area contributed by atoms with Gasteiger partial charge in [0.2, 0.25) is 0 Å². The second-order valence-corrected chi connectivity index (χ2v) is 16.7. The SMILES string of the molecule is CC/C=C\C/C=C\C/C=C\C/C=C\C/C=C\CCCC(=O)OC(COC(=O)CCCCCCCCCCCCCCCCCCCCCC)COP(=O)(O)OCCN. The molecule has 0 spiro atoms. The van der Waals surface area contributed by atoms with E-state index in [2.05, 4.69) is 68.5 Å². The Bertz CT molecular complexity index is 1130. The Morgan fingerprint density at radius 1 is 0.534 bits per heavy atom. The summed E-state index contributed by atoms with van der Waals surface area (Å²) in [5, 5.41) is 0. The lowest BCUT2D eigenvalue weighted by atomic mass is 10.0. The summed E-state index contributed by atoms with van der Waals surface area (Å²) in [6.45, 7) is 3.57. The van der Waals surface area contributed by atoms with Crippen molar-refractivity contribution in [2.45, 2.75) is 206 Å². The predicted octanol–water partition coefficient (Wildman–Crippen LogP) is 13.7. The molecule has 0 aliphatic heterocycles. The molecule has 9 nitrogen and oxygen atoms in total. The fraction of sp³-hybridized carbons (Fsp3) is 0.750. The first-order valence-electron chi connectivity index (χ1n) is 23.3. The molecule has 2 atom stereocenters. The molecule has 58 heavy (non-hydrogen) atoms. The van der Waals surface area contributed by atoms with Gasteiger partial charge in [-0.25, -0.2) is 4.57 Å². The molecule has 0 aromatic rings. The number of ether oxygens (including phenoxy) is 2. The third kappa shape index (κ3) is 43.3. The molecule has 0 aromatic carbocycles. The van der Waals surface area contributed by atoms with Crippen molar-refractivity contribution >= 4 is 19.8 Å². The van der Waals surface area contributed by atoms with E-state index < -0.39 is 32.5 Å². The molecule has 2 unspecified atom stereocenters. The Balaban J connectivity index is 4.16. The molecule has 0 saturated carbocycles. The van der Waals surface area contributed by atoms with Crippen LogP contribution < -0.4 is 5.73 Å². The molecule has 336 valence electrons. The molecule has 0 aromatic heterocycles. The van der Waals surface area contributed by atoms with E-state index in [4.69, 9.17) is 24.3 Å². The summed E-state index contributed by atoms with van der Waals surface area (Å²) in [6.07, 6.45) is 52.7. The van der Waals surface area contributed by atoms with E-state index >= 15 is 0 Å². The lowest BCUT2D eigenvalue weighted by molar-refractivity contribution is -0.161. The van der Waals surface area contributed by atoms with Crippen LogP contribution in [-0.4, -0.2) is 49.3 Å². The Labute approximate surface area is 355 Å². The van der Waals surface area contributed by atoms with Gasteiger partial charge in [0.25, 0.3) is 0 Å². The van der Waals surface area contributed by atoms with Crippen LogP contribution in [0.5, 0.6) is 0 Å². The fourth-order valence-corrected chi connectivity index (χ4v) is 7.02. The molecule has 0 heterocycles. The Morgan fingerprint density at radius 2 is 0.948 bits per heavy atom. The van der Waals surface area contributed by atoms with Gasteiger partial charge in [0.15, 0.2) is 6.10 Å². The summed E-state index contributed by atoms with van der Waals surface area (Å²) in [4.78, 5) is 34.9. The smallest absolute Gasteiger partial charge is 0.462 e. The van der Waals surface area contributed by atoms with Crippen molar-refractivity contribution < 1.29 is 37.6 Å². The van der Waals surface area contributed by atoms with E-state index in [9.17, 15) is 19.0 Å². The summed E-state index contributed by atoms with van der Waals surface area (Å²) in [5.74, 6) is -0.893. The highest BCUT2D eigenvalue weighted by molar-refractivity contribution is 7.47. The quantitative estimate of drug-likeness (QED) is 0.0266. The molecular weight excluding hydrogens is 750 g/mol. The topological polar surface area (TPSA) is 134 Å². The molecular formula is C48H86NO8P. The van der Waals surface area contributed by atoms with Crippen molar-refractivity contribution in [2.24, 2.45) is 5.73 Å². The van der Waals surface area contributed by atoms with Gasteiger partial charge in [-0.1, -0.05) is 197 Å². The van der Waals surface area contributed by atoms with Gasteiger partial charge < -0.3 is 20.1 Å². The van der Waals surface area contributed by atoms with E-state index in [1.165, 1.54) is 109 Å². The van der Waals surface area contributed by atoms with Gasteiger partial charge in [0.1, 0.15) is 6.61 Å². The summed E-state index contributed by atoms with van der Waals surface area (Å²) < 4.78 is 32.8. The Morgan fingerprint density at radius 3 is 1.40 bits per heavy atom. The lowest BCUT2D eigenvalue weighted by Gasteiger charge is -2.19. The largest absolute Gasteiger partial charge is 0.472 e. The second-order valence-electron chi connectivity index (χ2n) is 15.2. The van der Waals surface area contributed by atoms with Crippen LogP contribution in [0.25, 0.3) is 0 Å². The van der Waals surface area contributed by atoms with Crippen molar-refractivity contribution in [1.82, 2.24) is 0 Å². The van der Waals surface area contributed by atoms with Gasteiger partial charge in [0, 0.05) is 19.4 Å². The monoisotopic (exact) mass is 836 g/mol. The van der Waals surface area contributed by atoms with E-state index in [0.717, 1.165) is 51.4 Å². The number of hydrogen-bond acceptors (Lipinski definition) is 8. The van der Waals surface area contributed by atoms with Gasteiger partial charge in [-0.3, -0.25) is 18.6 Å². The van der Waals surface area contributed by atoms with Gasteiger partial charge in [0.05, 0.1) is 13.2 Å². The second kappa shape index (κ2) is 44.3. The van der Waals surface area contributed by atoms with Gasteiger partial charge in [-0.2, -0.15) is 0 Å². The molecule has 0 saturated heterocycles. The zero-order valence-electron chi connectivity index (χ0n) is 37.0. The highest BCUT2D eigenvalue weighted by atomic mass is 31.2. The normalized spacial score (nSPS) is 13.8. The number of phosphoric acid groups is 1. The molecule has 0 aliphatic carbocycles. The molecule has 0 aliphatic rings. The number of phosphoric ester groups is 1. The van der Waals surface area contributed by atoms with Gasteiger partial charge in [-0.15, -0.1) is 0 Å². The number of rotatable bonds is 43. The molecule has 0 fully saturated rings. The number of esters is 2. The standard InChI is InChI=1S/C48H86NO8P/c1-3-5-7-9-11-13-15-17-19-21-22-23-25-26-28-30-32-34-36-38-40-47(50)54-44-46(45-56-58(52,53)55-43-42-49)57-48(51)41-39-37-35-33-31-29-27-24-20-18-16-14-12-10-8-6-4-2/h6,8,12,14,18,20,27,29,33,35,46H,3-5,7,9-11,13,15-17,19,21-26,28,30-32,34,36-45,49H2,1-2H3,(H,52,53)/b8-6-,14-12-,20-18-,29-27-,35-33-. The third-order valence-corrected chi connectivity index (χ3v) is 10.7. The van der Waals surface area contributed by atoms with E-state index in [1.54, 1.807) is 0 Å². The maximum absolute atomic E-state index is 12.6. The summed E-state index contributed by atoms with van der Waals surface area (Å²) in [5.41, 5.74) is 5.35. The summed E-state index contributed by atoms with van der Waals surface area (Å²) in [7, 11) is -4.40. The minimum absolute atomic E-state index is 0.0430. The molecule has 0 rings (SSSR count). The molecule has 0 radical (unpaired) electrons. The van der Waals surface area contributed by atoms with E-state index in [-0.39, 0.29) is 32.6 Å². The van der Waals surface area contributed by atoms with Crippen LogP contribution in [0.15, 0.2) is 60.8 Å². The lowest BCUT2D eigenvalue weighted by Crippen LogP contribution is -2.29. The van der Waals surface area contributed by atoms with Crippen molar-refractivity contribution in [3.8, 4) is 0 Å². The van der Waals surface area contributed by atoms with Crippen LogP contribution in [0.1, 0.15) is 200 Å². The average Bonchev–Trinajstić information content (AvgIpc) is 3.21. The molecule has 3 N–H and O–H groups in total. The number of carbonyl (C=O) groups excluding carboxylic acids is 2. The predicted molar refractivity (Wildman–Crippen MR) is 243 cm³/mol. The zero-order chi connectivity index (χ0) is 42.5. The van der Waals surface area contributed by atoms with Crippen LogP contribution in [0.4, 0.5) is 0 Å². The van der Waals surface area contributed by atoms with Crippen molar-refractivity contribution in [1.29, 1.82) is 0 Å². The number of carbonyl (C=O) groups is 2. The first-order valence-corrected chi connectivity index (χ1v) is 24.8. The van der Waals surface area contributed by atoms with E-state index in [1.807, 2.05) is 6.08 Å². The molecule has 0 bridgehead atoms. The Kier molecular flexibility index (Phi) is 42.5. The minimum atomic E-state index is -4.40. The van der Waals surface area contributed by atoms with Crippen LogP contribution in [0.3, 0.4) is 0 Å². The average molecular weight is 836 g/mol. The van der Waals surface area contributed by atoms with Crippen molar-refractivity contribution in [2.75, 3.05) is 26.4 Å². The summed E-state index contributed by atoms with van der Waals surface area (Å²) in [6, 6.07) is 0. The van der Waals surface area contributed by atoms with Crippen LogP contribution >= 0.6 is 7.82 Å². The number of allylic oxidation sites excluding steroid dienone is 10. The number of hydrogen-bond donors (Lipinski definition) is 2. The van der Waals surface area contributed by atoms with Crippen LogP contribution in [-0.2, 0) is 32.7 Å². The van der Waals surface area contributed by atoms with Crippen molar-refractivity contribution in [3.05, 3.63) is 60.8 Å². The van der Waals surface area contributed by atoms with Crippen LogP contribution in [0.2, 0.25) is 0 Å². The fourth-order valence-electron chi connectivity index (χ4n) is 6.26. The molecule has 10 heteroatoms.